The van der Waals surface area contributed by atoms with Crippen molar-refractivity contribution >= 4 is 0 Å². The third kappa shape index (κ3) is 10.2. The average molecular weight is 215 g/mol. The van der Waals surface area contributed by atoms with E-state index in [1.54, 1.807) is 0 Å². The Morgan fingerprint density at radius 1 is 1.13 bits per heavy atom. The molecule has 0 saturated carbocycles. The highest BCUT2D eigenvalue weighted by Crippen LogP contribution is 2.12. The van der Waals surface area contributed by atoms with E-state index in [9.17, 15) is 0 Å². The van der Waals surface area contributed by atoms with Gasteiger partial charge in [0.2, 0.25) is 0 Å². The summed E-state index contributed by atoms with van der Waals surface area (Å²) in [6.07, 6.45) is 7.66. The van der Waals surface area contributed by atoms with E-state index < -0.39 is 0 Å². The van der Waals surface area contributed by atoms with Crippen molar-refractivity contribution in [2.75, 3.05) is 26.8 Å². The number of hydrogen-bond donors (Lipinski definition) is 1. The summed E-state index contributed by atoms with van der Waals surface area (Å²) in [5, 5.41) is 3.15. The molecule has 2 heteroatoms. The Hall–Kier alpha value is -0.0800. The third-order valence-corrected chi connectivity index (χ3v) is 2.86. The molecule has 1 N–H and O–H groups in total. The first kappa shape index (κ1) is 14.9. The zero-order valence-electron chi connectivity index (χ0n) is 10.8. The predicted octanol–water partition coefficient (Wildman–Crippen LogP) is 3.22. The second-order valence-electron chi connectivity index (χ2n) is 4.30. The van der Waals surface area contributed by atoms with Crippen molar-refractivity contribution in [2.45, 2.75) is 52.4 Å². The van der Waals surface area contributed by atoms with Crippen molar-refractivity contribution in [3.63, 3.8) is 0 Å². The fraction of sp³-hybridized carbons (Fsp3) is 1.00. The lowest BCUT2D eigenvalue weighted by Gasteiger charge is -2.14. The monoisotopic (exact) mass is 215 g/mol. The van der Waals surface area contributed by atoms with Gasteiger partial charge in [0.25, 0.3) is 0 Å². The third-order valence-electron chi connectivity index (χ3n) is 2.86. The molecule has 0 rings (SSSR count). The van der Waals surface area contributed by atoms with Gasteiger partial charge in [-0.25, -0.2) is 0 Å². The zero-order valence-corrected chi connectivity index (χ0v) is 10.8. The summed E-state index contributed by atoms with van der Waals surface area (Å²) < 4.78 is 5.70. The highest BCUT2D eigenvalue weighted by Gasteiger charge is 2.05. The van der Waals surface area contributed by atoms with Gasteiger partial charge < -0.3 is 10.1 Å². The molecular formula is C13H29NO. The smallest absolute Gasteiger partial charge is 0.0494 e. The van der Waals surface area contributed by atoms with E-state index in [2.05, 4.69) is 19.2 Å². The van der Waals surface area contributed by atoms with Crippen LogP contribution in [0.2, 0.25) is 0 Å². The van der Waals surface area contributed by atoms with Gasteiger partial charge in [-0.1, -0.05) is 33.1 Å². The molecule has 0 amide bonds. The van der Waals surface area contributed by atoms with E-state index in [0.717, 1.165) is 25.7 Å². The Kier molecular flexibility index (Phi) is 11.9. The van der Waals surface area contributed by atoms with Crippen molar-refractivity contribution in [1.29, 1.82) is 0 Å². The van der Waals surface area contributed by atoms with Gasteiger partial charge in [-0.05, 0) is 38.8 Å². The van der Waals surface area contributed by atoms with Crippen LogP contribution >= 0.6 is 0 Å². The van der Waals surface area contributed by atoms with Crippen LogP contribution in [0.1, 0.15) is 52.4 Å². The standard InChI is InChI=1S/C13H29NO/c1-4-6-9-13(5-2)12-15-11-8-7-10-14-3/h13-14H,4-12H2,1-3H3. The average Bonchev–Trinajstić information content (AvgIpc) is 2.27. The molecule has 0 heterocycles. The largest absolute Gasteiger partial charge is 0.381 e. The molecule has 2 nitrogen and oxygen atoms in total. The Balaban J connectivity index is 3.22. The molecule has 0 aromatic carbocycles. The van der Waals surface area contributed by atoms with Gasteiger partial charge in [-0.15, -0.1) is 0 Å². The van der Waals surface area contributed by atoms with Gasteiger partial charge in [0.05, 0.1) is 0 Å². The number of ether oxygens (including phenoxy) is 1. The fourth-order valence-electron chi connectivity index (χ4n) is 1.65. The summed E-state index contributed by atoms with van der Waals surface area (Å²) in [6, 6.07) is 0. The van der Waals surface area contributed by atoms with E-state index in [-0.39, 0.29) is 0 Å². The summed E-state index contributed by atoms with van der Waals surface area (Å²) in [6.45, 7) is 7.53. The quantitative estimate of drug-likeness (QED) is 0.534. The lowest BCUT2D eigenvalue weighted by molar-refractivity contribution is 0.0912. The second kappa shape index (κ2) is 12.0. The molecule has 0 bridgehead atoms. The van der Waals surface area contributed by atoms with Crippen LogP contribution < -0.4 is 5.32 Å². The highest BCUT2D eigenvalue weighted by atomic mass is 16.5. The van der Waals surface area contributed by atoms with Crippen molar-refractivity contribution < 1.29 is 4.74 Å². The molecule has 1 unspecified atom stereocenters. The minimum Gasteiger partial charge on any atom is -0.381 e. The van der Waals surface area contributed by atoms with Crippen LogP contribution in [0.15, 0.2) is 0 Å². The maximum atomic E-state index is 5.70. The van der Waals surface area contributed by atoms with Crippen LogP contribution in [-0.2, 0) is 4.74 Å². The van der Waals surface area contributed by atoms with E-state index in [0.29, 0.717) is 0 Å². The van der Waals surface area contributed by atoms with Crippen LogP contribution in [0.3, 0.4) is 0 Å². The number of hydrogen-bond acceptors (Lipinski definition) is 2. The van der Waals surface area contributed by atoms with Crippen LogP contribution in [0.5, 0.6) is 0 Å². The molecule has 92 valence electrons. The molecule has 0 saturated heterocycles. The van der Waals surface area contributed by atoms with Gasteiger partial charge in [-0.3, -0.25) is 0 Å². The Morgan fingerprint density at radius 3 is 2.53 bits per heavy atom. The van der Waals surface area contributed by atoms with Gasteiger partial charge in [0.1, 0.15) is 0 Å². The molecule has 0 aliphatic rings. The van der Waals surface area contributed by atoms with Gasteiger partial charge in [-0.2, -0.15) is 0 Å². The Morgan fingerprint density at radius 2 is 1.93 bits per heavy atom. The van der Waals surface area contributed by atoms with E-state index in [1.165, 1.54) is 38.5 Å². The first-order valence-corrected chi connectivity index (χ1v) is 6.57. The zero-order chi connectivity index (χ0) is 11.4. The number of unbranched alkanes of at least 4 members (excludes halogenated alkanes) is 2. The topological polar surface area (TPSA) is 21.3 Å². The molecular weight excluding hydrogens is 186 g/mol. The van der Waals surface area contributed by atoms with E-state index in [1.807, 2.05) is 7.05 Å². The molecule has 0 radical (unpaired) electrons. The summed E-state index contributed by atoms with van der Waals surface area (Å²) in [5.41, 5.74) is 0. The van der Waals surface area contributed by atoms with Crippen LogP contribution in [-0.4, -0.2) is 26.8 Å². The maximum Gasteiger partial charge on any atom is 0.0494 e. The Bertz CT molecular complexity index is 117. The summed E-state index contributed by atoms with van der Waals surface area (Å²) in [5.74, 6) is 0.786. The maximum absolute atomic E-state index is 5.70. The fourth-order valence-corrected chi connectivity index (χ4v) is 1.65. The molecule has 0 aromatic heterocycles. The van der Waals surface area contributed by atoms with E-state index in [4.69, 9.17) is 4.74 Å². The van der Waals surface area contributed by atoms with Crippen LogP contribution in [0, 0.1) is 5.92 Å². The second-order valence-corrected chi connectivity index (χ2v) is 4.30. The molecule has 0 aromatic rings. The van der Waals surface area contributed by atoms with Crippen molar-refractivity contribution in [1.82, 2.24) is 5.32 Å². The van der Waals surface area contributed by atoms with Gasteiger partial charge >= 0.3 is 0 Å². The van der Waals surface area contributed by atoms with Gasteiger partial charge in [0, 0.05) is 13.2 Å². The first-order valence-electron chi connectivity index (χ1n) is 6.57. The predicted molar refractivity (Wildman–Crippen MR) is 67.3 cm³/mol. The van der Waals surface area contributed by atoms with Crippen molar-refractivity contribution in [3.8, 4) is 0 Å². The summed E-state index contributed by atoms with van der Waals surface area (Å²) in [4.78, 5) is 0. The first-order chi connectivity index (χ1) is 7.35. The highest BCUT2D eigenvalue weighted by molar-refractivity contribution is 4.56. The normalized spacial score (nSPS) is 13.0. The molecule has 0 fully saturated rings. The van der Waals surface area contributed by atoms with Crippen molar-refractivity contribution in [3.05, 3.63) is 0 Å². The SMILES string of the molecule is CCCCC(CC)COCCCCNC. The number of nitrogens with one attached hydrogen (secondary N) is 1. The lowest BCUT2D eigenvalue weighted by Crippen LogP contribution is -2.11. The van der Waals surface area contributed by atoms with Gasteiger partial charge in [0.15, 0.2) is 0 Å². The lowest BCUT2D eigenvalue weighted by atomic mass is 10.0. The van der Waals surface area contributed by atoms with E-state index >= 15 is 0 Å². The number of rotatable bonds is 11. The molecule has 0 aliphatic carbocycles. The summed E-state index contributed by atoms with van der Waals surface area (Å²) in [7, 11) is 2.00. The molecule has 15 heavy (non-hydrogen) atoms. The minimum atomic E-state index is 0.786. The summed E-state index contributed by atoms with van der Waals surface area (Å²) >= 11 is 0. The van der Waals surface area contributed by atoms with Crippen LogP contribution in [0.4, 0.5) is 0 Å². The Labute approximate surface area is 95.8 Å². The molecule has 1 atom stereocenters. The molecule has 0 spiro atoms. The van der Waals surface area contributed by atoms with Crippen molar-refractivity contribution in [2.24, 2.45) is 5.92 Å². The minimum absolute atomic E-state index is 0.786. The molecule has 0 aliphatic heterocycles. The van der Waals surface area contributed by atoms with Crippen LogP contribution in [0.25, 0.3) is 0 Å².